The lowest BCUT2D eigenvalue weighted by Gasteiger charge is -2.09. The van der Waals surface area contributed by atoms with Gasteiger partial charge in [0.25, 0.3) is 0 Å². The van der Waals surface area contributed by atoms with Crippen molar-refractivity contribution in [2.45, 2.75) is 10.6 Å². The van der Waals surface area contributed by atoms with Crippen LogP contribution in [0.5, 0.6) is 0 Å². The molecule has 0 fully saturated rings. The second-order valence-corrected chi connectivity index (χ2v) is 5.87. The van der Waals surface area contributed by atoms with Crippen LogP contribution in [-0.4, -0.2) is 11.0 Å². The highest BCUT2D eigenvalue weighted by Crippen LogP contribution is 2.30. The number of hydrogen-bond acceptors (Lipinski definition) is 3. The highest BCUT2D eigenvalue weighted by atomic mass is 35.5. The number of nitrogens with two attached hydrogens (primary N) is 1. The molecule has 0 radical (unpaired) electrons. The zero-order valence-corrected chi connectivity index (χ0v) is 12.7. The van der Waals surface area contributed by atoms with Crippen LogP contribution < -0.4 is 5.73 Å². The average Bonchev–Trinajstić information content (AvgIpc) is 2.46. The number of thioether (sulfide) groups is 1. The van der Waals surface area contributed by atoms with Crippen LogP contribution in [0.2, 0.25) is 10.0 Å². The molecule has 0 spiro atoms. The van der Waals surface area contributed by atoms with Crippen LogP contribution in [0.3, 0.4) is 0 Å². The zero-order chi connectivity index (χ0) is 14.5. The van der Waals surface area contributed by atoms with Gasteiger partial charge in [-0.1, -0.05) is 46.6 Å². The largest absolute Gasteiger partial charge is 0.409 e. The normalized spacial score (nSPS) is 11.6. The van der Waals surface area contributed by atoms with Gasteiger partial charge in [-0.3, -0.25) is 0 Å². The van der Waals surface area contributed by atoms with E-state index in [9.17, 15) is 0 Å². The van der Waals surface area contributed by atoms with Gasteiger partial charge in [-0.25, -0.2) is 0 Å². The maximum Gasteiger partial charge on any atom is 0.172 e. The monoisotopic (exact) mass is 326 g/mol. The fourth-order valence-electron chi connectivity index (χ4n) is 1.66. The Morgan fingerprint density at radius 3 is 2.50 bits per heavy atom. The van der Waals surface area contributed by atoms with E-state index in [1.165, 1.54) is 0 Å². The second-order valence-electron chi connectivity index (χ2n) is 4.01. The predicted molar refractivity (Wildman–Crippen MR) is 85.0 cm³/mol. The van der Waals surface area contributed by atoms with E-state index in [1.807, 2.05) is 36.4 Å². The molecular formula is C14H12Cl2N2OS. The molecule has 104 valence electrons. The topological polar surface area (TPSA) is 58.6 Å². The van der Waals surface area contributed by atoms with Crippen LogP contribution in [0, 0.1) is 0 Å². The molecule has 0 amide bonds. The summed E-state index contributed by atoms with van der Waals surface area (Å²) in [6.45, 7) is 0. The van der Waals surface area contributed by atoms with E-state index in [1.54, 1.807) is 17.8 Å². The lowest BCUT2D eigenvalue weighted by atomic mass is 10.2. The zero-order valence-electron chi connectivity index (χ0n) is 10.4. The molecule has 0 aromatic heterocycles. The van der Waals surface area contributed by atoms with Crippen LogP contribution in [0.15, 0.2) is 52.5 Å². The number of oxime groups is 1. The first-order valence-electron chi connectivity index (χ1n) is 5.75. The number of amidine groups is 1. The van der Waals surface area contributed by atoms with Gasteiger partial charge in [-0.2, -0.15) is 0 Å². The van der Waals surface area contributed by atoms with Gasteiger partial charge in [0.05, 0.1) is 10.6 Å². The van der Waals surface area contributed by atoms with Gasteiger partial charge in [0, 0.05) is 15.7 Å². The average molecular weight is 327 g/mol. The summed E-state index contributed by atoms with van der Waals surface area (Å²) in [6.07, 6.45) is 0. The molecule has 0 atom stereocenters. The Labute approximate surface area is 131 Å². The summed E-state index contributed by atoms with van der Waals surface area (Å²) in [4.78, 5) is 0.864. The number of rotatable bonds is 4. The molecular weight excluding hydrogens is 315 g/mol. The Bertz CT molecular complexity index is 630. The summed E-state index contributed by atoms with van der Waals surface area (Å²) in [6, 6.07) is 13.0. The van der Waals surface area contributed by atoms with Gasteiger partial charge in [0.1, 0.15) is 0 Å². The quantitative estimate of drug-likeness (QED) is 0.288. The van der Waals surface area contributed by atoms with Crippen molar-refractivity contribution in [1.82, 2.24) is 0 Å². The second kappa shape index (κ2) is 6.88. The number of hydrogen-bond donors (Lipinski definition) is 2. The van der Waals surface area contributed by atoms with Crippen molar-refractivity contribution in [3.8, 4) is 0 Å². The lowest BCUT2D eigenvalue weighted by molar-refractivity contribution is 0.318. The third-order valence-electron chi connectivity index (χ3n) is 2.65. The maximum atomic E-state index is 8.83. The van der Waals surface area contributed by atoms with Gasteiger partial charge in [-0.15, -0.1) is 11.8 Å². The highest BCUT2D eigenvalue weighted by molar-refractivity contribution is 7.98. The van der Waals surface area contributed by atoms with E-state index >= 15 is 0 Å². The van der Waals surface area contributed by atoms with E-state index in [4.69, 9.17) is 34.1 Å². The van der Waals surface area contributed by atoms with Gasteiger partial charge >= 0.3 is 0 Å². The summed E-state index contributed by atoms with van der Waals surface area (Å²) >= 11 is 13.5. The van der Waals surface area contributed by atoms with E-state index in [0.717, 1.165) is 16.2 Å². The van der Waals surface area contributed by atoms with Gasteiger partial charge in [-0.05, 0) is 29.8 Å². The van der Waals surface area contributed by atoms with Crippen LogP contribution in [-0.2, 0) is 5.75 Å². The summed E-state index contributed by atoms with van der Waals surface area (Å²) in [5.41, 5.74) is 7.35. The van der Waals surface area contributed by atoms with Gasteiger partial charge in [0.15, 0.2) is 5.84 Å². The number of nitrogens with zero attached hydrogens (tertiary/aromatic N) is 1. The summed E-state index contributed by atoms with van der Waals surface area (Å²) in [5, 5.41) is 13.0. The van der Waals surface area contributed by atoms with Crippen LogP contribution in [0.1, 0.15) is 11.1 Å². The molecule has 2 aromatic carbocycles. The first-order valence-corrected chi connectivity index (χ1v) is 7.49. The van der Waals surface area contributed by atoms with Gasteiger partial charge < -0.3 is 10.9 Å². The van der Waals surface area contributed by atoms with Crippen molar-refractivity contribution in [3.63, 3.8) is 0 Å². The number of halogens is 2. The van der Waals surface area contributed by atoms with Crippen molar-refractivity contribution in [1.29, 1.82) is 0 Å². The smallest absolute Gasteiger partial charge is 0.172 e. The molecule has 3 N–H and O–H groups in total. The van der Waals surface area contributed by atoms with Crippen molar-refractivity contribution < 1.29 is 5.21 Å². The highest BCUT2D eigenvalue weighted by Gasteiger charge is 2.12. The molecule has 0 unspecified atom stereocenters. The standard InChI is InChI=1S/C14H12Cl2N2OS/c15-10-6-4-9(5-7-10)8-20-12-3-1-2-11(16)13(12)14(17)18-19/h1-7,19H,8H2,(H2,17,18). The molecule has 0 saturated heterocycles. The minimum atomic E-state index is 0.00852. The molecule has 2 aromatic rings. The van der Waals surface area contributed by atoms with Gasteiger partial charge in [0.2, 0.25) is 0 Å². The van der Waals surface area contributed by atoms with E-state index in [2.05, 4.69) is 5.16 Å². The Hall–Kier alpha value is -1.36. The van der Waals surface area contributed by atoms with Crippen molar-refractivity contribution in [3.05, 3.63) is 63.6 Å². The minimum Gasteiger partial charge on any atom is -0.409 e. The molecule has 0 aliphatic rings. The molecule has 0 saturated carbocycles. The SMILES string of the molecule is N/C(=N/O)c1c(Cl)cccc1SCc1ccc(Cl)cc1. The van der Waals surface area contributed by atoms with E-state index < -0.39 is 0 Å². The van der Waals surface area contributed by atoms with Crippen molar-refractivity contribution in [2.24, 2.45) is 10.9 Å². The molecule has 0 aliphatic carbocycles. The maximum absolute atomic E-state index is 8.83. The van der Waals surface area contributed by atoms with Crippen molar-refractivity contribution >= 4 is 40.8 Å². The molecule has 0 heterocycles. The molecule has 0 aliphatic heterocycles. The summed E-state index contributed by atoms with van der Waals surface area (Å²) < 4.78 is 0. The third-order valence-corrected chi connectivity index (χ3v) is 4.34. The first kappa shape index (κ1) is 15.0. The minimum absolute atomic E-state index is 0.00852. The third kappa shape index (κ3) is 3.60. The Morgan fingerprint density at radius 2 is 1.85 bits per heavy atom. The van der Waals surface area contributed by atoms with Crippen molar-refractivity contribution in [2.75, 3.05) is 0 Å². The van der Waals surface area contributed by atoms with Crippen LogP contribution in [0.4, 0.5) is 0 Å². The molecule has 6 heteroatoms. The fourth-order valence-corrected chi connectivity index (χ4v) is 3.17. The van der Waals surface area contributed by atoms with Crippen LogP contribution in [0.25, 0.3) is 0 Å². The summed E-state index contributed by atoms with van der Waals surface area (Å²) in [5.74, 6) is 0.748. The Kier molecular flexibility index (Phi) is 5.17. The summed E-state index contributed by atoms with van der Waals surface area (Å²) in [7, 11) is 0. The fraction of sp³-hybridized carbons (Fsp3) is 0.0714. The number of benzene rings is 2. The van der Waals surface area contributed by atoms with Crippen LogP contribution >= 0.6 is 35.0 Å². The molecule has 20 heavy (non-hydrogen) atoms. The Morgan fingerprint density at radius 1 is 1.15 bits per heavy atom. The molecule has 3 nitrogen and oxygen atoms in total. The predicted octanol–water partition coefficient (Wildman–Crippen LogP) is 4.38. The molecule has 2 rings (SSSR count). The lowest BCUT2D eigenvalue weighted by Crippen LogP contribution is -2.14. The first-order chi connectivity index (χ1) is 9.61. The molecule has 0 bridgehead atoms. The Balaban J connectivity index is 2.21. The van der Waals surface area contributed by atoms with E-state index in [0.29, 0.717) is 15.6 Å². The van der Waals surface area contributed by atoms with E-state index in [-0.39, 0.29) is 5.84 Å².